The second kappa shape index (κ2) is 8.69. The monoisotopic (exact) mass is 388 g/mol. The van der Waals surface area contributed by atoms with Gasteiger partial charge in [-0.15, -0.1) is 0 Å². The minimum Gasteiger partial charge on any atom is -0.508 e. The van der Waals surface area contributed by atoms with E-state index in [-0.39, 0.29) is 11.7 Å². The summed E-state index contributed by atoms with van der Waals surface area (Å²) in [5.74, 6) is 1.85. The lowest BCUT2D eigenvalue weighted by Crippen LogP contribution is -2.49. The van der Waals surface area contributed by atoms with Gasteiger partial charge in [0.2, 0.25) is 5.91 Å². The maximum absolute atomic E-state index is 12.9. The Labute approximate surface area is 170 Å². The molecule has 0 spiro atoms. The first-order chi connectivity index (χ1) is 14.2. The highest BCUT2D eigenvalue weighted by atomic mass is 16.5. The van der Waals surface area contributed by atoms with Crippen LogP contribution in [0.1, 0.15) is 5.56 Å². The van der Waals surface area contributed by atoms with E-state index in [9.17, 15) is 9.90 Å². The fourth-order valence-electron chi connectivity index (χ4n) is 3.52. The number of rotatable bonds is 5. The molecule has 5 nitrogen and oxygen atoms in total. The molecule has 1 fully saturated rings. The molecule has 1 aliphatic rings. The summed E-state index contributed by atoms with van der Waals surface area (Å²) < 4.78 is 5.98. The fraction of sp³-hybridized carbons (Fsp3) is 0.208. The van der Waals surface area contributed by atoms with Gasteiger partial charge in [0.15, 0.2) is 0 Å². The van der Waals surface area contributed by atoms with Gasteiger partial charge in [-0.3, -0.25) is 4.79 Å². The maximum Gasteiger partial charge on any atom is 0.227 e. The molecule has 29 heavy (non-hydrogen) atoms. The predicted octanol–water partition coefficient (Wildman–Crippen LogP) is 4.08. The van der Waals surface area contributed by atoms with Crippen molar-refractivity contribution >= 4 is 11.6 Å². The van der Waals surface area contributed by atoms with Crippen LogP contribution in [0.15, 0.2) is 78.9 Å². The second-order valence-electron chi connectivity index (χ2n) is 7.08. The summed E-state index contributed by atoms with van der Waals surface area (Å²) >= 11 is 0. The number of amides is 1. The Morgan fingerprint density at radius 3 is 2.21 bits per heavy atom. The number of phenols is 1. The van der Waals surface area contributed by atoms with Crippen molar-refractivity contribution in [2.24, 2.45) is 0 Å². The van der Waals surface area contributed by atoms with Crippen LogP contribution in [-0.4, -0.2) is 42.1 Å². The smallest absolute Gasteiger partial charge is 0.227 e. The molecular weight excluding hydrogens is 364 g/mol. The van der Waals surface area contributed by atoms with E-state index in [4.69, 9.17) is 4.74 Å². The lowest BCUT2D eigenvalue weighted by Gasteiger charge is -2.36. The van der Waals surface area contributed by atoms with E-state index < -0.39 is 0 Å². The number of aromatic hydroxyl groups is 1. The molecule has 0 atom stereocenters. The number of hydrogen-bond donors (Lipinski definition) is 1. The Kier molecular flexibility index (Phi) is 5.66. The van der Waals surface area contributed by atoms with Gasteiger partial charge in [0.25, 0.3) is 0 Å². The van der Waals surface area contributed by atoms with E-state index in [1.807, 2.05) is 71.6 Å². The van der Waals surface area contributed by atoms with Crippen LogP contribution in [0, 0.1) is 0 Å². The van der Waals surface area contributed by atoms with Gasteiger partial charge in [-0.25, -0.2) is 0 Å². The number of phenolic OH excluding ortho intramolecular Hbond substituents is 1. The minimum absolute atomic E-state index is 0.111. The molecule has 0 unspecified atom stereocenters. The molecule has 148 valence electrons. The molecule has 0 bridgehead atoms. The molecule has 1 N–H and O–H groups in total. The zero-order valence-corrected chi connectivity index (χ0v) is 16.2. The molecule has 3 aromatic carbocycles. The molecule has 0 saturated carbocycles. The van der Waals surface area contributed by atoms with Gasteiger partial charge in [0.05, 0.1) is 6.42 Å². The van der Waals surface area contributed by atoms with Crippen LogP contribution in [0.2, 0.25) is 0 Å². The van der Waals surface area contributed by atoms with Crippen LogP contribution < -0.4 is 9.64 Å². The van der Waals surface area contributed by atoms with Crippen LogP contribution in [0.5, 0.6) is 17.2 Å². The first-order valence-electron chi connectivity index (χ1n) is 9.81. The van der Waals surface area contributed by atoms with Gasteiger partial charge >= 0.3 is 0 Å². The Morgan fingerprint density at radius 2 is 1.48 bits per heavy atom. The van der Waals surface area contributed by atoms with Gasteiger partial charge in [-0.05, 0) is 42.5 Å². The van der Waals surface area contributed by atoms with Crippen molar-refractivity contribution in [3.8, 4) is 17.2 Å². The first kappa shape index (κ1) is 18.9. The fourth-order valence-corrected chi connectivity index (χ4v) is 3.52. The highest BCUT2D eigenvalue weighted by molar-refractivity contribution is 5.80. The van der Waals surface area contributed by atoms with Crippen molar-refractivity contribution < 1.29 is 14.6 Å². The van der Waals surface area contributed by atoms with Gasteiger partial charge in [-0.2, -0.15) is 0 Å². The number of benzene rings is 3. The van der Waals surface area contributed by atoms with Crippen LogP contribution in [0.25, 0.3) is 0 Å². The van der Waals surface area contributed by atoms with Crippen molar-refractivity contribution in [2.45, 2.75) is 6.42 Å². The summed E-state index contributed by atoms with van der Waals surface area (Å²) in [6, 6.07) is 24.5. The quantitative estimate of drug-likeness (QED) is 0.716. The topological polar surface area (TPSA) is 53.0 Å². The third kappa shape index (κ3) is 4.69. The average molecular weight is 388 g/mol. The zero-order valence-electron chi connectivity index (χ0n) is 16.2. The Hall–Kier alpha value is -3.47. The maximum atomic E-state index is 12.9. The number of anilines is 1. The van der Waals surface area contributed by atoms with Gasteiger partial charge in [-0.1, -0.05) is 36.4 Å². The van der Waals surface area contributed by atoms with Crippen LogP contribution in [-0.2, 0) is 11.2 Å². The summed E-state index contributed by atoms with van der Waals surface area (Å²) in [5.41, 5.74) is 1.96. The lowest BCUT2D eigenvalue weighted by molar-refractivity contribution is -0.130. The molecule has 0 aromatic heterocycles. The molecule has 0 radical (unpaired) electrons. The second-order valence-corrected chi connectivity index (χ2v) is 7.08. The number of ether oxygens (including phenoxy) is 1. The van der Waals surface area contributed by atoms with Crippen LogP contribution >= 0.6 is 0 Å². The van der Waals surface area contributed by atoms with Crippen molar-refractivity contribution in [1.82, 2.24) is 4.90 Å². The SMILES string of the molecule is O=C(Cc1ccccc1Oc1ccccc1)N1CCN(c2ccc(O)cc2)CC1. The standard InChI is InChI=1S/C24H24N2O3/c27-21-12-10-20(11-13-21)25-14-16-26(17-15-25)24(28)18-19-6-4-5-9-23(19)29-22-7-2-1-3-8-22/h1-13,27H,14-18H2. The molecule has 1 saturated heterocycles. The first-order valence-corrected chi connectivity index (χ1v) is 9.81. The number of hydrogen-bond acceptors (Lipinski definition) is 4. The van der Waals surface area contributed by atoms with Crippen LogP contribution in [0.4, 0.5) is 5.69 Å². The largest absolute Gasteiger partial charge is 0.508 e. The normalized spacial score (nSPS) is 13.9. The Morgan fingerprint density at radius 1 is 0.828 bits per heavy atom. The molecule has 1 amide bonds. The van der Waals surface area contributed by atoms with E-state index in [1.165, 1.54) is 0 Å². The van der Waals surface area contributed by atoms with E-state index in [1.54, 1.807) is 12.1 Å². The highest BCUT2D eigenvalue weighted by Crippen LogP contribution is 2.26. The Balaban J connectivity index is 1.37. The van der Waals surface area contributed by atoms with E-state index in [0.717, 1.165) is 35.8 Å². The molecule has 1 aliphatic heterocycles. The predicted molar refractivity (Wildman–Crippen MR) is 114 cm³/mol. The van der Waals surface area contributed by atoms with Gasteiger partial charge < -0.3 is 19.6 Å². The number of nitrogens with zero attached hydrogens (tertiary/aromatic N) is 2. The summed E-state index contributed by atoms with van der Waals surface area (Å²) in [7, 11) is 0. The van der Waals surface area contributed by atoms with E-state index in [2.05, 4.69) is 4.90 Å². The number of piperazine rings is 1. The third-order valence-corrected chi connectivity index (χ3v) is 5.13. The average Bonchev–Trinajstić information content (AvgIpc) is 2.76. The van der Waals surface area contributed by atoms with Crippen molar-refractivity contribution in [3.05, 3.63) is 84.4 Å². The number of para-hydroxylation sites is 2. The van der Waals surface area contributed by atoms with Crippen LogP contribution in [0.3, 0.4) is 0 Å². The molecule has 5 heteroatoms. The summed E-state index contributed by atoms with van der Waals surface area (Å²) in [6.45, 7) is 2.92. The Bertz CT molecular complexity index is 949. The summed E-state index contributed by atoms with van der Waals surface area (Å²) in [4.78, 5) is 17.0. The minimum atomic E-state index is 0.111. The molecule has 1 heterocycles. The van der Waals surface area contributed by atoms with Crippen molar-refractivity contribution in [2.75, 3.05) is 31.1 Å². The van der Waals surface area contributed by atoms with E-state index >= 15 is 0 Å². The van der Waals surface area contributed by atoms with Crippen molar-refractivity contribution in [1.29, 1.82) is 0 Å². The summed E-state index contributed by atoms with van der Waals surface area (Å²) in [6.07, 6.45) is 0.322. The zero-order chi connectivity index (χ0) is 20.1. The molecule has 0 aliphatic carbocycles. The van der Waals surface area contributed by atoms with Gasteiger partial charge in [0, 0.05) is 37.4 Å². The third-order valence-electron chi connectivity index (χ3n) is 5.13. The van der Waals surface area contributed by atoms with E-state index in [0.29, 0.717) is 19.5 Å². The molecule has 4 rings (SSSR count). The number of carbonyl (C=O) groups excluding carboxylic acids is 1. The van der Waals surface area contributed by atoms with Crippen molar-refractivity contribution in [3.63, 3.8) is 0 Å². The molecular formula is C24H24N2O3. The summed E-state index contributed by atoms with van der Waals surface area (Å²) in [5, 5.41) is 9.44. The highest BCUT2D eigenvalue weighted by Gasteiger charge is 2.22. The van der Waals surface area contributed by atoms with Gasteiger partial charge in [0.1, 0.15) is 17.2 Å². The molecule has 3 aromatic rings. The lowest BCUT2D eigenvalue weighted by atomic mass is 10.1. The number of carbonyl (C=O) groups is 1.